The van der Waals surface area contributed by atoms with Gasteiger partial charge >= 0.3 is 0 Å². The van der Waals surface area contributed by atoms with E-state index in [1.165, 1.54) is 16.9 Å². The van der Waals surface area contributed by atoms with Crippen molar-refractivity contribution in [2.24, 2.45) is 5.92 Å². The zero-order chi connectivity index (χ0) is 17.7. The standard InChI is InChI=1S/C18H17N5O2S/c1-10-4-5-13-12(7-10)14-16-21-15(22-23(16)9-20-18(14)26-13)17(24)19-8-11-3-2-6-25-11/h2-3,6,9-10H,4-5,7-8H2,1H3,(H,19,24)/t10-/m0/s1. The molecule has 0 aliphatic heterocycles. The Labute approximate surface area is 153 Å². The van der Waals surface area contributed by atoms with Gasteiger partial charge in [-0.05, 0) is 42.9 Å². The van der Waals surface area contributed by atoms with Gasteiger partial charge in [0, 0.05) is 4.88 Å². The third kappa shape index (κ3) is 2.48. The second-order valence-corrected chi connectivity index (χ2v) is 7.83. The number of furan rings is 1. The zero-order valence-electron chi connectivity index (χ0n) is 14.2. The van der Waals surface area contributed by atoms with Crippen LogP contribution in [-0.4, -0.2) is 25.5 Å². The molecule has 0 aromatic carbocycles. The summed E-state index contributed by atoms with van der Waals surface area (Å²) >= 11 is 1.74. The fraction of sp³-hybridized carbons (Fsp3) is 0.333. The average molecular weight is 367 g/mol. The lowest BCUT2D eigenvalue weighted by atomic mass is 9.89. The summed E-state index contributed by atoms with van der Waals surface area (Å²) in [6, 6.07) is 3.59. The van der Waals surface area contributed by atoms with Crippen molar-refractivity contribution in [2.75, 3.05) is 0 Å². The molecule has 1 amide bonds. The number of fused-ring (bicyclic) bond motifs is 5. The summed E-state index contributed by atoms with van der Waals surface area (Å²) in [6.45, 7) is 2.58. The number of rotatable bonds is 3. The number of hydrogen-bond donors (Lipinski definition) is 1. The molecule has 4 aromatic heterocycles. The molecule has 0 spiro atoms. The van der Waals surface area contributed by atoms with Crippen molar-refractivity contribution in [2.45, 2.75) is 32.7 Å². The molecule has 1 N–H and O–H groups in total. The molecule has 26 heavy (non-hydrogen) atoms. The van der Waals surface area contributed by atoms with E-state index in [0.717, 1.165) is 23.1 Å². The Balaban J connectivity index is 1.53. The molecule has 0 saturated heterocycles. The number of carbonyl (C=O) groups is 1. The Hall–Kier alpha value is -2.74. The van der Waals surface area contributed by atoms with Crippen molar-refractivity contribution in [3.8, 4) is 0 Å². The number of aromatic nitrogens is 4. The molecule has 1 atom stereocenters. The van der Waals surface area contributed by atoms with Gasteiger partial charge in [0.2, 0.25) is 5.82 Å². The van der Waals surface area contributed by atoms with Crippen LogP contribution >= 0.6 is 11.3 Å². The first kappa shape index (κ1) is 15.5. The highest BCUT2D eigenvalue weighted by atomic mass is 32.1. The largest absolute Gasteiger partial charge is 0.467 e. The number of amides is 1. The fourth-order valence-corrected chi connectivity index (χ4v) is 4.68. The Bertz CT molecular complexity index is 1110. The minimum atomic E-state index is -0.323. The maximum absolute atomic E-state index is 12.4. The van der Waals surface area contributed by atoms with Gasteiger partial charge in [0.25, 0.3) is 5.91 Å². The predicted octanol–water partition coefficient (Wildman–Crippen LogP) is 2.99. The number of carbonyl (C=O) groups excluding carboxylic acids is 1. The van der Waals surface area contributed by atoms with Gasteiger partial charge in [0.1, 0.15) is 16.9 Å². The monoisotopic (exact) mass is 367 g/mol. The first-order valence-corrected chi connectivity index (χ1v) is 9.47. The molecular formula is C18H17N5O2S. The third-order valence-electron chi connectivity index (χ3n) is 4.83. The van der Waals surface area contributed by atoms with E-state index in [9.17, 15) is 4.79 Å². The van der Waals surface area contributed by atoms with Gasteiger partial charge in [-0.25, -0.2) is 14.5 Å². The molecule has 5 rings (SSSR count). The van der Waals surface area contributed by atoms with Crippen LogP contribution in [0, 0.1) is 5.92 Å². The Morgan fingerprint density at radius 2 is 2.42 bits per heavy atom. The molecule has 0 saturated carbocycles. The molecule has 0 unspecified atom stereocenters. The molecule has 132 valence electrons. The molecule has 0 fully saturated rings. The Morgan fingerprint density at radius 3 is 3.27 bits per heavy atom. The highest BCUT2D eigenvalue weighted by Gasteiger charge is 2.24. The summed E-state index contributed by atoms with van der Waals surface area (Å²) < 4.78 is 6.84. The molecule has 8 heteroatoms. The van der Waals surface area contributed by atoms with Gasteiger partial charge in [0.15, 0.2) is 5.65 Å². The SMILES string of the molecule is C[C@H]1CCc2sc3ncn4nc(C(=O)NCc5ccco5)nc4c3c2C1. The second kappa shape index (κ2) is 5.91. The summed E-state index contributed by atoms with van der Waals surface area (Å²) in [7, 11) is 0. The summed E-state index contributed by atoms with van der Waals surface area (Å²) in [4.78, 5) is 23.8. The van der Waals surface area contributed by atoms with E-state index in [-0.39, 0.29) is 11.7 Å². The Morgan fingerprint density at radius 1 is 1.50 bits per heavy atom. The minimum Gasteiger partial charge on any atom is -0.467 e. The van der Waals surface area contributed by atoms with Crippen LogP contribution in [0.3, 0.4) is 0 Å². The molecule has 4 heterocycles. The number of nitrogens with zero attached hydrogens (tertiary/aromatic N) is 4. The minimum absolute atomic E-state index is 0.148. The van der Waals surface area contributed by atoms with Crippen molar-refractivity contribution in [3.63, 3.8) is 0 Å². The average Bonchev–Trinajstić information content (AvgIpc) is 3.36. The van der Waals surface area contributed by atoms with E-state index in [4.69, 9.17) is 4.42 Å². The van der Waals surface area contributed by atoms with Crippen LogP contribution in [0.25, 0.3) is 15.9 Å². The summed E-state index contributed by atoms with van der Waals surface area (Å²) in [5.74, 6) is 1.16. The van der Waals surface area contributed by atoms with E-state index in [1.807, 2.05) is 6.07 Å². The molecule has 1 aliphatic carbocycles. The molecule has 0 bridgehead atoms. The van der Waals surface area contributed by atoms with Crippen molar-refractivity contribution in [1.82, 2.24) is 24.9 Å². The lowest BCUT2D eigenvalue weighted by Crippen LogP contribution is -2.23. The zero-order valence-corrected chi connectivity index (χ0v) is 15.0. The van der Waals surface area contributed by atoms with Crippen LogP contribution in [0.1, 0.15) is 40.2 Å². The second-order valence-electron chi connectivity index (χ2n) is 6.74. The Kier molecular flexibility index (Phi) is 3.53. The summed E-state index contributed by atoms with van der Waals surface area (Å²) in [5.41, 5.74) is 2.04. The summed E-state index contributed by atoms with van der Waals surface area (Å²) in [5, 5.41) is 8.15. The summed E-state index contributed by atoms with van der Waals surface area (Å²) in [6.07, 6.45) is 6.55. The van der Waals surface area contributed by atoms with Gasteiger partial charge in [-0.1, -0.05) is 6.92 Å². The highest BCUT2D eigenvalue weighted by molar-refractivity contribution is 7.19. The highest BCUT2D eigenvalue weighted by Crippen LogP contribution is 2.38. The maximum atomic E-state index is 12.4. The van der Waals surface area contributed by atoms with E-state index in [1.54, 1.807) is 34.5 Å². The fourth-order valence-electron chi connectivity index (χ4n) is 3.50. The van der Waals surface area contributed by atoms with E-state index in [0.29, 0.717) is 23.9 Å². The number of nitrogens with one attached hydrogen (secondary N) is 1. The first-order chi connectivity index (χ1) is 12.7. The van der Waals surface area contributed by atoms with Crippen LogP contribution in [0.5, 0.6) is 0 Å². The van der Waals surface area contributed by atoms with Crippen LogP contribution in [0.15, 0.2) is 29.1 Å². The van der Waals surface area contributed by atoms with Crippen LogP contribution in [0.4, 0.5) is 0 Å². The quantitative estimate of drug-likeness (QED) is 0.602. The van der Waals surface area contributed by atoms with Crippen molar-refractivity contribution in [1.29, 1.82) is 0 Å². The molecule has 4 aromatic rings. The smallest absolute Gasteiger partial charge is 0.291 e. The predicted molar refractivity (Wildman–Crippen MR) is 97.2 cm³/mol. The molecule has 0 radical (unpaired) electrons. The van der Waals surface area contributed by atoms with Gasteiger partial charge in [-0.3, -0.25) is 4.79 Å². The normalized spacial score (nSPS) is 16.9. The number of aryl methyl sites for hydroxylation is 1. The van der Waals surface area contributed by atoms with E-state index >= 15 is 0 Å². The molecule has 7 nitrogen and oxygen atoms in total. The number of thiophene rings is 1. The van der Waals surface area contributed by atoms with Crippen molar-refractivity contribution in [3.05, 3.63) is 46.7 Å². The lowest BCUT2D eigenvalue weighted by molar-refractivity contribution is 0.0938. The number of hydrogen-bond acceptors (Lipinski definition) is 6. The molecular weight excluding hydrogens is 350 g/mol. The third-order valence-corrected chi connectivity index (χ3v) is 6.03. The van der Waals surface area contributed by atoms with Crippen LogP contribution in [-0.2, 0) is 19.4 Å². The maximum Gasteiger partial charge on any atom is 0.291 e. The van der Waals surface area contributed by atoms with Crippen LogP contribution in [0.2, 0.25) is 0 Å². The van der Waals surface area contributed by atoms with E-state index < -0.39 is 0 Å². The van der Waals surface area contributed by atoms with Gasteiger partial charge in [-0.2, -0.15) is 0 Å². The lowest BCUT2D eigenvalue weighted by Gasteiger charge is -2.17. The van der Waals surface area contributed by atoms with Gasteiger partial charge < -0.3 is 9.73 Å². The van der Waals surface area contributed by atoms with E-state index in [2.05, 4.69) is 27.3 Å². The molecule has 1 aliphatic rings. The van der Waals surface area contributed by atoms with Crippen molar-refractivity contribution >= 4 is 33.1 Å². The van der Waals surface area contributed by atoms with Gasteiger partial charge in [-0.15, -0.1) is 16.4 Å². The topological polar surface area (TPSA) is 85.3 Å². The van der Waals surface area contributed by atoms with Crippen LogP contribution < -0.4 is 5.32 Å². The first-order valence-electron chi connectivity index (χ1n) is 8.65. The van der Waals surface area contributed by atoms with Crippen molar-refractivity contribution < 1.29 is 9.21 Å². The van der Waals surface area contributed by atoms with Gasteiger partial charge in [0.05, 0.1) is 18.2 Å².